The van der Waals surface area contributed by atoms with Crippen molar-refractivity contribution in [1.29, 1.82) is 0 Å². The zero-order valence-electron chi connectivity index (χ0n) is 13.3. The van der Waals surface area contributed by atoms with Crippen LogP contribution in [-0.4, -0.2) is 34.2 Å². The number of hydrogen-bond acceptors (Lipinski definition) is 5. The molecule has 27 heavy (non-hydrogen) atoms. The number of carboxylic acid groups (broad SMARTS) is 2. The molecule has 0 fully saturated rings. The van der Waals surface area contributed by atoms with E-state index < -0.39 is 63.1 Å². The minimum Gasteiger partial charge on any atom is -0.495 e. The van der Waals surface area contributed by atoms with Gasteiger partial charge in [-0.15, -0.1) is 0 Å². The van der Waals surface area contributed by atoms with Gasteiger partial charge in [-0.3, -0.25) is 4.79 Å². The molecule has 0 aliphatic heterocycles. The fourth-order valence-corrected chi connectivity index (χ4v) is 3.03. The van der Waals surface area contributed by atoms with E-state index in [0.29, 0.717) is 6.07 Å². The molecular weight excluding hydrogens is 441 g/mol. The fourth-order valence-electron chi connectivity index (χ4n) is 2.54. The Morgan fingerprint density at radius 3 is 2.15 bits per heavy atom. The summed E-state index contributed by atoms with van der Waals surface area (Å²) in [7, 11) is 1.00. The van der Waals surface area contributed by atoms with E-state index in [2.05, 4.69) is 15.9 Å². The van der Waals surface area contributed by atoms with Crippen molar-refractivity contribution in [2.75, 3.05) is 12.8 Å². The highest BCUT2D eigenvalue weighted by atomic mass is 79.9. The number of aromatic amines is 1. The predicted molar refractivity (Wildman–Crippen MR) is 90.1 cm³/mol. The highest BCUT2D eigenvalue weighted by Crippen LogP contribution is 2.47. The Kier molecular flexibility index (Phi) is 5.22. The number of aromatic carboxylic acids is 2. The number of halogens is 4. The Bertz CT molecular complexity index is 1020. The first kappa shape index (κ1) is 20.3. The number of alkyl halides is 3. The summed E-state index contributed by atoms with van der Waals surface area (Å²) in [5, 5.41) is 18.7. The van der Waals surface area contributed by atoms with Gasteiger partial charge in [-0.25, -0.2) is 9.59 Å². The van der Waals surface area contributed by atoms with Crippen LogP contribution in [0, 0.1) is 0 Å². The number of anilines is 1. The van der Waals surface area contributed by atoms with E-state index in [0.717, 1.165) is 13.2 Å². The van der Waals surface area contributed by atoms with E-state index in [1.54, 1.807) is 0 Å². The molecule has 0 aliphatic rings. The van der Waals surface area contributed by atoms with Crippen LogP contribution >= 0.6 is 15.9 Å². The average molecular weight is 451 g/mol. The lowest BCUT2D eigenvalue weighted by molar-refractivity contribution is -0.137. The number of hydrogen-bond donors (Lipinski definition) is 4. The normalized spacial score (nSPS) is 11.3. The van der Waals surface area contributed by atoms with Crippen LogP contribution in [0.3, 0.4) is 0 Å². The lowest BCUT2D eigenvalue weighted by Crippen LogP contribution is -2.25. The van der Waals surface area contributed by atoms with E-state index in [1.807, 2.05) is 4.98 Å². The van der Waals surface area contributed by atoms with Crippen molar-refractivity contribution in [3.8, 4) is 16.9 Å². The Hall–Kier alpha value is -3.02. The van der Waals surface area contributed by atoms with Crippen molar-refractivity contribution in [1.82, 2.24) is 4.98 Å². The first-order chi connectivity index (χ1) is 12.4. The lowest BCUT2D eigenvalue weighted by atomic mass is 9.91. The molecule has 2 rings (SSSR count). The summed E-state index contributed by atoms with van der Waals surface area (Å²) >= 11 is 2.96. The van der Waals surface area contributed by atoms with E-state index in [-0.39, 0.29) is 4.47 Å². The summed E-state index contributed by atoms with van der Waals surface area (Å²) in [5.41, 5.74) is -1.49. The first-order valence-corrected chi connectivity index (χ1v) is 7.67. The second kappa shape index (κ2) is 6.95. The molecule has 0 atom stereocenters. The number of nitrogen functional groups attached to an aromatic ring is 1. The molecule has 0 spiro atoms. The van der Waals surface area contributed by atoms with Crippen molar-refractivity contribution in [2.45, 2.75) is 6.18 Å². The monoisotopic (exact) mass is 450 g/mol. The lowest BCUT2D eigenvalue weighted by Gasteiger charge is -2.20. The Labute approximate surface area is 156 Å². The maximum atomic E-state index is 13.6. The van der Waals surface area contributed by atoms with E-state index >= 15 is 0 Å². The zero-order valence-corrected chi connectivity index (χ0v) is 14.9. The number of aromatic nitrogens is 1. The van der Waals surface area contributed by atoms with Crippen LogP contribution < -0.4 is 16.0 Å². The number of rotatable bonds is 4. The third kappa shape index (κ3) is 3.47. The molecule has 12 heteroatoms. The molecule has 0 unspecified atom stereocenters. The molecule has 1 aromatic heterocycles. The molecule has 0 saturated carbocycles. The molecule has 0 amide bonds. The summed E-state index contributed by atoms with van der Waals surface area (Å²) in [4.78, 5) is 37.0. The number of pyridine rings is 1. The molecule has 1 heterocycles. The highest BCUT2D eigenvalue weighted by Gasteiger charge is 2.39. The van der Waals surface area contributed by atoms with Crippen molar-refractivity contribution in [3.63, 3.8) is 0 Å². The molecular formula is C15H10BrF3N2O6. The van der Waals surface area contributed by atoms with Crippen molar-refractivity contribution < 1.29 is 37.7 Å². The third-order valence-electron chi connectivity index (χ3n) is 3.54. The van der Waals surface area contributed by atoms with Crippen molar-refractivity contribution in [2.24, 2.45) is 0 Å². The van der Waals surface area contributed by atoms with E-state index in [1.165, 1.54) is 0 Å². The second-order valence-corrected chi connectivity index (χ2v) is 5.96. The Morgan fingerprint density at radius 2 is 1.70 bits per heavy atom. The molecule has 1 aromatic carbocycles. The van der Waals surface area contributed by atoms with Crippen LogP contribution in [-0.2, 0) is 6.18 Å². The van der Waals surface area contributed by atoms with E-state index in [4.69, 9.17) is 10.5 Å². The summed E-state index contributed by atoms with van der Waals surface area (Å²) in [6.45, 7) is 0. The van der Waals surface area contributed by atoms with Gasteiger partial charge in [-0.05, 0) is 28.1 Å². The number of benzene rings is 1. The molecule has 5 N–H and O–H groups in total. The maximum absolute atomic E-state index is 13.6. The third-order valence-corrected chi connectivity index (χ3v) is 4.17. The van der Waals surface area contributed by atoms with Crippen LogP contribution in [0.4, 0.5) is 19.0 Å². The second-order valence-electron chi connectivity index (χ2n) is 5.10. The number of methoxy groups -OCH3 is 1. The molecule has 0 bridgehead atoms. The number of nitrogens with two attached hydrogens (primary N) is 1. The van der Waals surface area contributed by atoms with Gasteiger partial charge in [0.2, 0.25) is 0 Å². The summed E-state index contributed by atoms with van der Waals surface area (Å²) < 4.78 is 45.6. The molecule has 2 aromatic rings. The molecule has 0 aliphatic carbocycles. The summed E-state index contributed by atoms with van der Waals surface area (Å²) in [6, 6.07) is 1.58. The first-order valence-electron chi connectivity index (χ1n) is 6.88. The van der Waals surface area contributed by atoms with Gasteiger partial charge in [-0.1, -0.05) is 0 Å². The number of carboxylic acids is 2. The highest BCUT2D eigenvalue weighted by molar-refractivity contribution is 9.10. The molecule has 0 radical (unpaired) electrons. The Morgan fingerprint density at radius 1 is 1.15 bits per heavy atom. The summed E-state index contributed by atoms with van der Waals surface area (Å²) in [5.74, 6) is -5.09. The smallest absolute Gasteiger partial charge is 0.417 e. The minimum absolute atomic E-state index is 0.0282. The van der Waals surface area contributed by atoms with Gasteiger partial charge in [0.25, 0.3) is 5.56 Å². The van der Waals surface area contributed by atoms with Gasteiger partial charge in [0.05, 0.1) is 17.1 Å². The minimum atomic E-state index is -5.02. The van der Waals surface area contributed by atoms with Crippen LogP contribution in [0.2, 0.25) is 0 Å². The van der Waals surface area contributed by atoms with Gasteiger partial charge in [0.1, 0.15) is 22.7 Å². The summed E-state index contributed by atoms with van der Waals surface area (Å²) in [6.07, 6.45) is -5.02. The molecule has 8 nitrogen and oxygen atoms in total. The Balaban J connectivity index is 3.25. The van der Waals surface area contributed by atoms with Gasteiger partial charge in [0.15, 0.2) is 0 Å². The topological polar surface area (TPSA) is 143 Å². The number of H-pyrrole nitrogens is 1. The van der Waals surface area contributed by atoms with E-state index in [9.17, 15) is 37.8 Å². The van der Waals surface area contributed by atoms with Crippen molar-refractivity contribution in [3.05, 3.63) is 43.6 Å². The van der Waals surface area contributed by atoms with Crippen molar-refractivity contribution >= 4 is 33.7 Å². The van der Waals surface area contributed by atoms with Crippen LogP contribution in [0.1, 0.15) is 26.3 Å². The standard InChI is InChI=1S/C15H10BrF3N2O6/c1-27-10-5(16)3-2-4(15(17,18)19)6(10)7-8(13(23)24)11(20)21-12(22)9(7)14(25)26/h2-3H,1H3,(H,23,24)(H,25,26)(H3,20,21,22). The van der Waals surface area contributed by atoms with Gasteiger partial charge in [0, 0.05) is 11.1 Å². The number of ether oxygens (including phenoxy) is 1. The maximum Gasteiger partial charge on any atom is 0.417 e. The predicted octanol–water partition coefficient (Wildman–Crippen LogP) is 2.81. The van der Waals surface area contributed by atoms with Gasteiger partial charge < -0.3 is 25.7 Å². The van der Waals surface area contributed by atoms with Crippen LogP contribution in [0.25, 0.3) is 11.1 Å². The van der Waals surface area contributed by atoms with Crippen LogP contribution in [0.5, 0.6) is 5.75 Å². The molecule has 0 saturated heterocycles. The fraction of sp³-hybridized carbons (Fsp3) is 0.133. The van der Waals surface area contributed by atoms with Gasteiger partial charge >= 0.3 is 18.1 Å². The number of nitrogens with one attached hydrogen (secondary N) is 1. The number of carbonyl (C=O) groups is 2. The van der Waals surface area contributed by atoms with Crippen LogP contribution in [0.15, 0.2) is 21.4 Å². The largest absolute Gasteiger partial charge is 0.495 e. The average Bonchev–Trinajstić information content (AvgIpc) is 2.51. The SMILES string of the molecule is COc1c(Br)ccc(C(F)(F)F)c1-c1c(C(=O)O)c(N)[nH]c(=O)c1C(=O)O. The zero-order chi connectivity index (χ0) is 20.7. The quantitative estimate of drug-likeness (QED) is 0.560. The molecule has 144 valence electrons. The van der Waals surface area contributed by atoms with Gasteiger partial charge in [-0.2, -0.15) is 13.2 Å².